The molecule has 0 aromatic heterocycles. The monoisotopic (exact) mass is 298 g/mol. The molecule has 0 amide bonds. The van der Waals surface area contributed by atoms with Gasteiger partial charge in [0.05, 0.1) is 11.5 Å². The van der Waals surface area contributed by atoms with Gasteiger partial charge < -0.3 is 4.74 Å². The highest BCUT2D eigenvalue weighted by molar-refractivity contribution is 6.09. The summed E-state index contributed by atoms with van der Waals surface area (Å²) in [5, 5.41) is 10.5. The highest BCUT2D eigenvalue weighted by atomic mass is 16.6. The van der Waals surface area contributed by atoms with Crippen LogP contribution in [0.1, 0.15) is 15.9 Å². The highest BCUT2D eigenvalue weighted by Gasteiger charge is 2.10. The van der Waals surface area contributed by atoms with Crippen LogP contribution >= 0.6 is 0 Å². The molecule has 0 bridgehead atoms. The Bertz CT molecular complexity index is 660. The van der Waals surface area contributed by atoms with Crippen molar-refractivity contribution in [2.75, 3.05) is 13.2 Å². The van der Waals surface area contributed by atoms with E-state index in [1.807, 2.05) is 6.07 Å². The molecule has 2 aromatic carbocycles. The van der Waals surface area contributed by atoms with E-state index < -0.39 is 4.92 Å². The van der Waals surface area contributed by atoms with Crippen molar-refractivity contribution >= 4 is 17.9 Å². The summed E-state index contributed by atoms with van der Waals surface area (Å²) in [6.07, 6.45) is 1.49. The second kappa shape index (κ2) is 7.68. The molecule has 112 valence electrons. The van der Waals surface area contributed by atoms with Crippen LogP contribution in [0.25, 0.3) is 0 Å². The molecule has 1 aliphatic rings. The number of benzene rings is 2. The maximum absolute atomic E-state index is 12.0. The minimum atomic E-state index is -0.489. The Morgan fingerprint density at radius 3 is 2.14 bits per heavy atom. The van der Waals surface area contributed by atoms with Crippen LogP contribution in [-0.2, 0) is 4.74 Å². The molecule has 0 fully saturated rings. The molecule has 3 rings (SSSR count). The molecular formula is C16H14N2O4. The second-order valence-electron chi connectivity index (χ2n) is 4.38. The van der Waals surface area contributed by atoms with Gasteiger partial charge in [-0.2, -0.15) is 0 Å². The zero-order valence-electron chi connectivity index (χ0n) is 11.7. The number of hydrogen-bond acceptors (Lipinski definition) is 5. The minimum Gasteiger partial charge on any atom is -0.482 e. The first-order chi connectivity index (χ1) is 10.7. The molecule has 0 atom stereocenters. The van der Waals surface area contributed by atoms with Crippen molar-refractivity contribution in [2.24, 2.45) is 4.99 Å². The zero-order chi connectivity index (χ0) is 15.8. The van der Waals surface area contributed by atoms with Gasteiger partial charge in [-0.1, -0.05) is 30.3 Å². The van der Waals surface area contributed by atoms with Crippen LogP contribution in [0.3, 0.4) is 0 Å². The first-order valence-electron chi connectivity index (χ1n) is 6.62. The largest absolute Gasteiger partial charge is 0.482 e. The molecule has 0 unspecified atom stereocenters. The van der Waals surface area contributed by atoms with E-state index in [9.17, 15) is 14.9 Å². The third-order valence-electron chi connectivity index (χ3n) is 2.86. The number of carbonyl (C=O) groups excluding carboxylic acids is 1. The van der Waals surface area contributed by atoms with Crippen LogP contribution in [0.2, 0.25) is 0 Å². The molecule has 22 heavy (non-hydrogen) atoms. The van der Waals surface area contributed by atoms with Gasteiger partial charge in [-0.3, -0.25) is 19.9 Å². The smallest absolute Gasteiger partial charge is 0.269 e. The Kier molecular flexibility index (Phi) is 5.37. The normalized spacial score (nSPS) is 12.0. The molecule has 1 heterocycles. The molecule has 0 saturated carbocycles. The van der Waals surface area contributed by atoms with Crippen molar-refractivity contribution in [2.45, 2.75) is 0 Å². The average Bonchev–Trinajstić information content (AvgIpc) is 3.15. The lowest BCUT2D eigenvalue weighted by Crippen LogP contribution is -2.00. The number of ether oxygens (including phenoxy) is 1. The summed E-state index contributed by atoms with van der Waals surface area (Å²) in [7, 11) is 0. The van der Waals surface area contributed by atoms with E-state index in [0.717, 1.165) is 13.2 Å². The number of carbonyl (C=O) groups is 1. The second-order valence-corrected chi connectivity index (χ2v) is 4.38. The quantitative estimate of drug-likeness (QED) is 0.495. The average molecular weight is 298 g/mol. The Balaban J connectivity index is 0.000000299. The van der Waals surface area contributed by atoms with Gasteiger partial charge in [0.1, 0.15) is 6.61 Å². The summed E-state index contributed by atoms with van der Waals surface area (Å²) in [6.45, 7) is 1.62. The van der Waals surface area contributed by atoms with Crippen LogP contribution in [0.4, 0.5) is 5.69 Å². The maximum atomic E-state index is 12.0. The summed E-state index contributed by atoms with van der Waals surface area (Å²) >= 11 is 0. The lowest BCUT2D eigenvalue weighted by molar-refractivity contribution is -0.384. The van der Waals surface area contributed by atoms with E-state index >= 15 is 0 Å². The topological polar surface area (TPSA) is 81.8 Å². The van der Waals surface area contributed by atoms with Gasteiger partial charge in [-0.15, -0.1) is 0 Å². The summed E-state index contributed by atoms with van der Waals surface area (Å²) in [4.78, 5) is 25.7. The molecule has 0 N–H and O–H groups in total. The predicted octanol–water partition coefficient (Wildman–Crippen LogP) is 2.87. The van der Waals surface area contributed by atoms with E-state index in [1.165, 1.54) is 30.7 Å². The van der Waals surface area contributed by atoms with Crippen molar-refractivity contribution in [3.05, 3.63) is 75.8 Å². The van der Waals surface area contributed by atoms with Crippen LogP contribution in [0, 0.1) is 10.1 Å². The molecular weight excluding hydrogens is 284 g/mol. The van der Waals surface area contributed by atoms with Crippen molar-refractivity contribution in [3.8, 4) is 0 Å². The lowest BCUT2D eigenvalue weighted by atomic mass is 10.0. The number of non-ortho nitro benzene ring substituents is 1. The Labute approximate surface area is 127 Å². The maximum Gasteiger partial charge on any atom is 0.269 e. The van der Waals surface area contributed by atoms with Crippen LogP contribution in [-0.4, -0.2) is 30.3 Å². The summed E-state index contributed by atoms with van der Waals surface area (Å²) in [5.41, 5.74) is 0.998. The predicted molar refractivity (Wildman–Crippen MR) is 82.3 cm³/mol. The van der Waals surface area contributed by atoms with Crippen LogP contribution in [0.5, 0.6) is 0 Å². The van der Waals surface area contributed by atoms with Gasteiger partial charge >= 0.3 is 0 Å². The summed E-state index contributed by atoms with van der Waals surface area (Å²) in [5.74, 6) is -0.138. The molecule has 2 aromatic rings. The Hall–Kier alpha value is -3.02. The third kappa shape index (κ3) is 4.24. The SMILES string of the molecule is C1=NCCO1.O=C(c1ccccc1)c1ccc([N+](=O)[O-])cc1. The van der Waals surface area contributed by atoms with Crippen molar-refractivity contribution in [3.63, 3.8) is 0 Å². The first kappa shape index (κ1) is 15.4. The summed E-state index contributed by atoms with van der Waals surface area (Å²) in [6, 6.07) is 14.4. The Morgan fingerprint density at radius 2 is 1.68 bits per heavy atom. The zero-order valence-corrected chi connectivity index (χ0v) is 11.7. The van der Waals surface area contributed by atoms with E-state index in [2.05, 4.69) is 9.73 Å². The molecule has 6 heteroatoms. The fourth-order valence-corrected chi connectivity index (χ4v) is 1.75. The molecule has 0 aliphatic carbocycles. The fourth-order valence-electron chi connectivity index (χ4n) is 1.75. The fraction of sp³-hybridized carbons (Fsp3) is 0.125. The minimum absolute atomic E-state index is 0.0189. The number of nitro benzene ring substituents is 1. The number of nitrogens with zero attached hydrogens (tertiary/aromatic N) is 2. The van der Waals surface area contributed by atoms with Crippen LogP contribution < -0.4 is 0 Å². The standard InChI is InChI=1S/C13H9NO3.C3H5NO/c15-13(10-4-2-1-3-5-10)11-6-8-12(9-7-11)14(16)17;1-2-5-3-4-1/h1-9H;3H,1-2H2. The third-order valence-corrected chi connectivity index (χ3v) is 2.86. The van der Waals surface area contributed by atoms with Crippen LogP contribution in [0.15, 0.2) is 59.6 Å². The van der Waals surface area contributed by atoms with E-state index in [0.29, 0.717) is 11.1 Å². The number of hydrogen-bond donors (Lipinski definition) is 0. The van der Waals surface area contributed by atoms with E-state index in [4.69, 9.17) is 0 Å². The molecule has 0 spiro atoms. The van der Waals surface area contributed by atoms with Crippen molar-refractivity contribution in [1.29, 1.82) is 0 Å². The summed E-state index contributed by atoms with van der Waals surface area (Å²) < 4.78 is 4.65. The number of nitro groups is 1. The number of rotatable bonds is 3. The number of aliphatic imine (C=N–C) groups is 1. The molecule has 0 saturated heterocycles. The number of ketones is 1. The first-order valence-corrected chi connectivity index (χ1v) is 6.62. The van der Waals surface area contributed by atoms with Gasteiger partial charge in [-0.25, -0.2) is 0 Å². The van der Waals surface area contributed by atoms with Gasteiger partial charge in [0.25, 0.3) is 5.69 Å². The highest BCUT2D eigenvalue weighted by Crippen LogP contribution is 2.15. The van der Waals surface area contributed by atoms with Crippen molar-refractivity contribution < 1.29 is 14.5 Å². The van der Waals surface area contributed by atoms with Gasteiger partial charge in [0, 0.05) is 23.3 Å². The van der Waals surface area contributed by atoms with E-state index in [1.54, 1.807) is 24.3 Å². The molecule has 1 aliphatic heterocycles. The lowest BCUT2D eigenvalue weighted by Gasteiger charge is -2.00. The molecule has 6 nitrogen and oxygen atoms in total. The van der Waals surface area contributed by atoms with Gasteiger partial charge in [-0.05, 0) is 12.1 Å². The Morgan fingerprint density at radius 1 is 1.05 bits per heavy atom. The van der Waals surface area contributed by atoms with Crippen molar-refractivity contribution in [1.82, 2.24) is 0 Å². The molecule has 0 radical (unpaired) electrons. The van der Waals surface area contributed by atoms with Gasteiger partial charge in [0.15, 0.2) is 12.2 Å². The van der Waals surface area contributed by atoms with E-state index in [-0.39, 0.29) is 11.5 Å². The van der Waals surface area contributed by atoms with Gasteiger partial charge in [0.2, 0.25) is 0 Å².